The smallest absolute Gasteiger partial charge is 0.328 e. The SMILES string of the molecule is CSCCC(NC(=O)CN)C(=O)NC(CCC(N)=O)C(=O)NC(C(=O)O)C(C)O. The second kappa shape index (κ2) is 13.7. The van der Waals surface area contributed by atoms with Gasteiger partial charge < -0.3 is 37.6 Å². The van der Waals surface area contributed by atoms with Gasteiger partial charge in [-0.15, -0.1) is 0 Å². The first kappa shape index (κ1) is 26.6. The Bertz CT molecular complexity index is 602. The predicted octanol–water partition coefficient (Wildman–Crippen LogP) is -3.12. The molecule has 0 saturated heterocycles. The van der Waals surface area contributed by atoms with Gasteiger partial charge in [-0.2, -0.15) is 11.8 Å². The number of nitrogens with two attached hydrogens (primary N) is 2. The standard InChI is InChI=1S/C16H29N5O7S/c1-8(22)13(16(27)28)21-15(26)9(3-4-11(18)23)20-14(25)10(5-6-29-2)19-12(24)7-17/h8-10,13,22H,3-7,17H2,1-2H3,(H2,18,23)(H,19,24)(H,20,25)(H,21,26)(H,27,28). The lowest BCUT2D eigenvalue weighted by molar-refractivity contribution is -0.145. The molecule has 0 aromatic heterocycles. The van der Waals surface area contributed by atoms with E-state index in [0.717, 1.165) is 0 Å². The summed E-state index contributed by atoms with van der Waals surface area (Å²) < 4.78 is 0. The molecule has 4 amide bonds. The van der Waals surface area contributed by atoms with E-state index < -0.39 is 53.8 Å². The van der Waals surface area contributed by atoms with E-state index in [9.17, 15) is 29.1 Å². The molecule has 0 aromatic carbocycles. The summed E-state index contributed by atoms with van der Waals surface area (Å²) in [5, 5.41) is 25.5. The number of thioether (sulfide) groups is 1. The van der Waals surface area contributed by atoms with Crippen LogP contribution in [0.2, 0.25) is 0 Å². The number of hydrogen-bond acceptors (Lipinski definition) is 8. The first-order chi connectivity index (χ1) is 13.5. The van der Waals surface area contributed by atoms with Crippen LogP contribution < -0.4 is 27.4 Å². The third kappa shape index (κ3) is 10.7. The molecule has 0 bridgehead atoms. The Morgan fingerprint density at radius 3 is 2.00 bits per heavy atom. The van der Waals surface area contributed by atoms with Crippen molar-refractivity contribution in [1.29, 1.82) is 0 Å². The van der Waals surface area contributed by atoms with Gasteiger partial charge in [-0.1, -0.05) is 0 Å². The molecule has 4 atom stereocenters. The Labute approximate surface area is 172 Å². The Hall–Kier alpha value is -2.38. The molecular formula is C16H29N5O7S. The van der Waals surface area contributed by atoms with Gasteiger partial charge >= 0.3 is 5.97 Å². The largest absolute Gasteiger partial charge is 0.480 e. The quantitative estimate of drug-likeness (QED) is 0.147. The maximum Gasteiger partial charge on any atom is 0.328 e. The van der Waals surface area contributed by atoms with Crippen molar-refractivity contribution in [2.75, 3.05) is 18.6 Å². The molecule has 0 aliphatic carbocycles. The van der Waals surface area contributed by atoms with E-state index in [4.69, 9.17) is 16.6 Å². The molecule has 0 aliphatic heterocycles. The van der Waals surface area contributed by atoms with Crippen LogP contribution in [0.4, 0.5) is 0 Å². The van der Waals surface area contributed by atoms with Crippen molar-refractivity contribution in [3.8, 4) is 0 Å². The van der Waals surface area contributed by atoms with Gasteiger partial charge in [0.2, 0.25) is 23.6 Å². The van der Waals surface area contributed by atoms with Crippen molar-refractivity contribution in [2.45, 2.75) is 50.4 Å². The number of aliphatic carboxylic acids is 1. The molecule has 13 heteroatoms. The van der Waals surface area contributed by atoms with E-state index in [-0.39, 0.29) is 25.8 Å². The van der Waals surface area contributed by atoms with Gasteiger partial charge in [-0.3, -0.25) is 19.2 Å². The normalized spacial score (nSPS) is 14.8. The van der Waals surface area contributed by atoms with Crippen molar-refractivity contribution >= 4 is 41.4 Å². The molecule has 0 aromatic rings. The fourth-order valence-corrected chi connectivity index (χ4v) is 2.70. The molecule has 9 N–H and O–H groups in total. The molecule has 166 valence electrons. The minimum Gasteiger partial charge on any atom is -0.480 e. The molecule has 12 nitrogen and oxygen atoms in total. The molecule has 0 spiro atoms. The molecule has 4 unspecified atom stereocenters. The third-order valence-electron chi connectivity index (χ3n) is 3.81. The van der Waals surface area contributed by atoms with Crippen molar-refractivity contribution in [3.05, 3.63) is 0 Å². The number of hydrogen-bond donors (Lipinski definition) is 7. The summed E-state index contributed by atoms with van der Waals surface area (Å²) in [6, 6.07) is -3.89. The molecular weight excluding hydrogens is 406 g/mol. The number of carbonyl (C=O) groups is 5. The minimum absolute atomic E-state index is 0.195. The molecule has 0 saturated carbocycles. The van der Waals surface area contributed by atoms with Gasteiger partial charge in [0.05, 0.1) is 12.6 Å². The van der Waals surface area contributed by atoms with E-state index in [1.807, 2.05) is 6.26 Å². The highest BCUT2D eigenvalue weighted by Gasteiger charge is 2.31. The highest BCUT2D eigenvalue weighted by molar-refractivity contribution is 7.98. The van der Waals surface area contributed by atoms with Crippen LogP contribution in [0.3, 0.4) is 0 Å². The second-order valence-electron chi connectivity index (χ2n) is 6.24. The van der Waals surface area contributed by atoms with Gasteiger partial charge in [-0.05, 0) is 31.8 Å². The fraction of sp³-hybridized carbons (Fsp3) is 0.688. The lowest BCUT2D eigenvalue weighted by Gasteiger charge is -2.25. The summed E-state index contributed by atoms with van der Waals surface area (Å²) in [5.74, 6) is -3.84. The maximum absolute atomic E-state index is 12.6. The number of carboxylic acids is 1. The Balaban J connectivity index is 5.36. The number of primary amides is 1. The van der Waals surface area contributed by atoms with Gasteiger partial charge in [0.1, 0.15) is 12.1 Å². The summed E-state index contributed by atoms with van der Waals surface area (Å²) in [4.78, 5) is 58.9. The predicted molar refractivity (Wildman–Crippen MR) is 106 cm³/mol. The summed E-state index contributed by atoms with van der Waals surface area (Å²) in [6.07, 6.45) is 0.218. The summed E-state index contributed by atoms with van der Waals surface area (Å²) in [5.41, 5.74) is 10.3. The summed E-state index contributed by atoms with van der Waals surface area (Å²) in [7, 11) is 0. The summed E-state index contributed by atoms with van der Waals surface area (Å²) in [6.45, 7) is 0.847. The van der Waals surface area contributed by atoms with E-state index in [2.05, 4.69) is 16.0 Å². The number of aliphatic hydroxyl groups is 1. The van der Waals surface area contributed by atoms with E-state index in [1.54, 1.807) is 0 Å². The zero-order valence-corrected chi connectivity index (χ0v) is 17.2. The third-order valence-corrected chi connectivity index (χ3v) is 4.45. The van der Waals surface area contributed by atoms with Crippen LogP contribution in [0.15, 0.2) is 0 Å². The number of nitrogens with one attached hydrogen (secondary N) is 3. The van der Waals surface area contributed by atoms with Crippen LogP contribution in [0.5, 0.6) is 0 Å². The molecule has 0 radical (unpaired) electrons. The Morgan fingerprint density at radius 2 is 1.55 bits per heavy atom. The molecule has 0 heterocycles. The van der Waals surface area contributed by atoms with Crippen LogP contribution in [0, 0.1) is 0 Å². The first-order valence-corrected chi connectivity index (χ1v) is 10.2. The fourth-order valence-electron chi connectivity index (χ4n) is 2.23. The monoisotopic (exact) mass is 435 g/mol. The van der Waals surface area contributed by atoms with Gasteiger partial charge in [0, 0.05) is 6.42 Å². The second-order valence-corrected chi connectivity index (χ2v) is 7.22. The van der Waals surface area contributed by atoms with E-state index in [1.165, 1.54) is 18.7 Å². The number of aliphatic hydroxyl groups excluding tert-OH is 1. The number of rotatable bonds is 14. The van der Waals surface area contributed by atoms with Crippen molar-refractivity contribution in [2.24, 2.45) is 11.5 Å². The maximum atomic E-state index is 12.6. The highest BCUT2D eigenvalue weighted by atomic mass is 32.2. The minimum atomic E-state index is -1.61. The van der Waals surface area contributed by atoms with Crippen LogP contribution in [0.1, 0.15) is 26.2 Å². The molecule has 0 rings (SSSR count). The average molecular weight is 436 g/mol. The Morgan fingerprint density at radius 1 is 1.00 bits per heavy atom. The number of carboxylic acid groups (broad SMARTS) is 1. The van der Waals surface area contributed by atoms with Gasteiger partial charge in [0.15, 0.2) is 6.04 Å². The lowest BCUT2D eigenvalue weighted by atomic mass is 10.1. The molecule has 0 fully saturated rings. The molecule has 0 aliphatic rings. The lowest BCUT2D eigenvalue weighted by Crippen LogP contribution is -2.57. The highest BCUT2D eigenvalue weighted by Crippen LogP contribution is 2.05. The van der Waals surface area contributed by atoms with Crippen molar-refractivity contribution in [3.63, 3.8) is 0 Å². The number of amides is 4. The molecule has 29 heavy (non-hydrogen) atoms. The van der Waals surface area contributed by atoms with Crippen LogP contribution in [-0.4, -0.2) is 82.6 Å². The topological polar surface area (TPSA) is 214 Å². The van der Waals surface area contributed by atoms with E-state index in [0.29, 0.717) is 5.75 Å². The Kier molecular flexibility index (Phi) is 12.6. The van der Waals surface area contributed by atoms with E-state index >= 15 is 0 Å². The van der Waals surface area contributed by atoms with Crippen molar-refractivity contribution in [1.82, 2.24) is 16.0 Å². The first-order valence-electron chi connectivity index (χ1n) is 8.81. The average Bonchev–Trinajstić information content (AvgIpc) is 2.64. The van der Waals surface area contributed by atoms with Gasteiger partial charge in [0.25, 0.3) is 0 Å². The van der Waals surface area contributed by atoms with Crippen LogP contribution in [-0.2, 0) is 24.0 Å². The zero-order chi connectivity index (χ0) is 22.6. The van der Waals surface area contributed by atoms with Gasteiger partial charge in [-0.25, -0.2) is 4.79 Å². The zero-order valence-electron chi connectivity index (χ0n) is 16.3. The van der Waals surface area contributed by atoms with Crippen molar-refractivity contribution < 1.29 is 34.2 Å². The number of carbonyl (C=O) groups excluding carboxylic acids is 4. The van der Waals surface area contributed by atoms with Crippen LogP contribution >= 0.6 is 11.8 Å². The van der Waals surface area contributed by atoms with Crippen LogP contribution in [0.25, 0.3) is 0 Å². The summed E-state index contributed by atoms with van der Waals surface area (Å²) >= 11 is 1.44.